The second-order valence-electron chi connectivity index (χ2n) is 6.61. The molecule has 0 bridgehead atoms. The first kappa shape index (κ1) is 23.5. The van der Waals surface area contributed by atoms with Gasteiger partial charge in [0.25, 0.3) is 16.0 Å². The number of carbonyl (C=O) groups excluding carboxylic acids is 2. The second-order valence-corrected chi connectivity index (χ2v) is 8.44. The van der Waals surface area contributed by atoms with E-state index in [-0.39, 0.29) is 42.4 Å². The van der Waals surface area contributed by atoms with Crippen LogP contribution in [0.15, 0.2) is 58.6 Å². The topological polar surface area (TPSA) is 142 Å². The third-order valence-electron chi connectivity index (χ3n) is 4.49. The lowest BCUT2D eigenvalue weighted by Gasteiger charge is -2.16. The molecular weight excluding hydrogens is 464 g/mol. The molecule has 0 aromatic heterocycles. The standard InChI is InChI=1S/C20H19ClN2O8S/c1-30-20(26)15-11-23(8-9-24)19(25)18(15)22-16-7-6-14(10-17(16)32(27,28)29)31-13-4-2-12(21)3-5-13/h2-7,10,22,24H,8-9,11H2,1H3,(H,27,28,29). The number of benzene rings is 2. The number of hydrogen-bond acceptors (Lipinski definition) is 8. The molecule has 1 aliphatic rings. The SMILES string of the molecule is COC(=O)C1=C(Nc2ccc(Oc3ccc(Cl)cc3)cc2S(=O)(=O)O)C(=O)N(CCO)C1. The Morgan fingerprint density at radius 2 is 1.84 bits per heavy atom. The van der Waals surface area contributed by atoms with Crippen molar-refractivity contribution in [1.29, 1.82) is 0 Å². The van der Waals surface area contributed by atoms with Gasteiger partial charge in [0.15, 0.2) is 0 Å². The zero-order chi connectivity index (χ0) is 23.5. The Kier molecular flexibility index (Phi) is 7.04. The maximum atomic E-state index is 12.7. The molecular formula is C20H19ClN2O8S. The number of carbonyl (C=O) groups is 2. The van der Waals surface area contributed by atoms with Crippen LogP contribution in [-0.2, 0) is 24.4 Å². The summed E-state index contributed by atoms with van der Waals surface area (Å²) in [4.78, 5) is 25.4. The third-order valence-corrected chi connectivity index (χ3v) is 5.64. The normalized spacial score (nSPS) is 14.0. The molecule has 10 nitrogen and oxygen atoms in total. The van der Waals surface area contributed by atoms with Gasteiger partial charge in [0.1, 0.15) is 22.1 Å². The van der Waals surface area contributed by atoms with Crippen LogP contribution in [0.4, 0.5) is 5.69 Å². The number of methoxy groups -OCH3 is 1. The van der Waals surface area contributed by atoms with E-state index in [4.69, 9.17) is 26.2 Å². The number of hydrogen-bond donors (Lipinski definition) is 3. The molecule has 12 heteroatoms. The maximum Gasteiger partial charge on any atom is 0.337 e. The summed E-state index contributed by atoms with van der Waals surface area (Å²) in [6, 6.07) is 10.1. The number of halogens is 1. The van der Waals surface area contributed by atoms with Gasteiger partial charge in [-0.05, 0) is 36.4 Å². The van der Waals surface area contributed by atoms with Crippen LogP contribution in [0.3, 0.4) is 0 Å². The number of nitrogens with zero attached hydrogens (tertiary/aromatic N) is 1. The summed E-state index contributed by atoms with van der Waals surface area (Å²) in [6.45, 7) is -0.503. The highest BCUT2D eigenvalue weighted by atomic mass is 35.5. The summed E-state index contributed by atoms with van der Waals surface area (Å²) in [7, 11) is -3.61. The zero-order valence-electron chi connectivity index (χ0n) is 16.7. The highest BCUT2D eigenvalue weighted by Gasteiger charge is 2.35. The molecule has 0 aliphatic carbocycles. The Labute approximate surface area is 188 Å². The van der Waals surface area contributed by atoms with Crippen molar-refractivity contribution in [3.8, 4) is 11.5 Å². The fourth-order valence-electron chi connectivity index (χ4n) is 3.01. The molecule has 32 heavy (non-hydrogen) atoms. The van der Waals surface area contributed by atoms with Gasteiger partial charge in [-0.15, -0.1) is 0 Å². The zero-order valence-corrected chi connectivity index (χ0v) is 18.3. The van der Waals surface area contributed by atoms with Crippen molar-refractivity contribution in [2.24, 2.45) is 0 Å². The van der Waals surface area contributed by atoms with E-state index in [0.717, 1.165) is 13.2 Å². The summed E-state index contributed by atoms with van der Waals surface area (Å²) in [5.74, 6) is -0.968. The van der Waals surface area contributed by atoms with Gasteiger partial charge >= 0.3 is 5.97 Å². The molecule has 0 saturated heterocycles. The number of amides is 1. The van der Waals surface area contributed by atoms with Crippen LogP contribution >= 0.6 is 11.6 Å². The van der Waals surface area contributed by atoms with Gasteiger partial charge in [0, 0.05) is 17.6 Å². The summed E-state index contributed by atoms with van der Waals surface area (Å²) in [5, 5.41) is 12.2. The van der Waals surface area contributed by atoms with Gasteiger partial charge in [-0.3, -0.25) is 9.35 Å². The first-order chi connectivity index (χ1) is 15.1. The maximum absolute atomic E-state index is 12.7. The van der Waals surface area contributed by atoms with Crippen molar-refractivity contribution >= 4 is 39.3 Å². The smallest absolute Gasteiger partial charge is 0.337 e. The number of esters is 1. The van der Waals surface area contributed by atoms with Crippen LogP contribution in [0.1, 0.15) is 0 Å². The summed E-state index contributed by atoms with van der Waals surface area (Å²) in [5.41, 5.74) is -0.429. The molecule has 0 fully saturated rings. The molecule has 1 heterocycles. The largest absolute Gasteiger partial charge is 0.466 e. The van der Waals surface area contributed by atoms with Crippen molar-refractivity contribution in [3.63, 3.8) is 0 Å². The predicted octanol–water partition coefficient (Wildman–Crippen LogP) is 2.05. The molecule has 0 saturated carbocycles. The quantitative estimate of drug-likeness (QED) is 0.380. The van der Waals surface area contributed by atoms with E-state index < -0.39 is 26.9 Å². The van der Waals surface area contributed by atoms with Crippen molar-refractivity contribution in [2.45, 2.75) is 4.90 Å². The van der Waals surface area contributed by atoms with Crippen molar-refractivity contribution in [2.75, 3.05) is 32.1 Å². The Morgan fingerprint density at radius 1 is 1.19 bits per heavy atom. The van der Waals surface area contributed by atoms with Crippen molar-refractivity contribution in [3.05, 3.63) is 58.8 Å². The van der Waals surface area contributed by atoms with Gasteiger partial charge < -0.3 is 24.8 Å². The number of β-amino-alcohol motifs (C(OH)–C–C–N with tert-alkyl or cyclic N) is 1. The molecule has 3 rings (SSSR count). The van der Waals surface area contributed by atoms with Gasteiger partial charge in [-0.2, -0.15) is 8.42 Å². The van der Waals surface area contributed by atoms with Crippen LogP contribution < -0.4 is 10.1 Å². The number of anilines is 1. The lowest BCUT2D eigenvalue weighted by atomic mass is 10.2. The lowest BCUT2D eigenvalue weighted by molar-refractivity contribution is -0.136. The Bertz CT molecular complexity index is 1180. The van der Waals surface area contributed by atoms with E-state index in [1.54, 1.807) is 24.3 Å². The van der Waals surface area contributed by atoms with Crippen molar-refractivity contribution in [1.82, 2.24) is 4.90 Å². The minimum Gasteiger partial charge on any atom is -0.466 e. The van der Waals surface area contributed by atoms with Crippen LogP contribution in [-0.4, -0.2) is 61.7 Å². The van der Waals surface area contributed by atoms with E-state index in [1.165, 1.54) is 17.0 Å². The highest BCUT2D eigenvalue weighted by molar-refractivity contribution is 7.86. The molecule has 1 aliphatic heterocycles. The average molecular weight is 483 g/mol. The van der Waals surface area contributed by atoms with Gasteiger partial charge in [0.2, 0.25) is 0 Å². The predicted molar refractivity (Wildman–Crippen MR) is 114 cm³/mol. The number of nitrogens with one attached hydrogen (secondary N) is 1. The average Bonchev–Trinajstić information content (AvgIpc) is 3.05. The van der Waals surface area contributed by atoms with Crippen LogP contribution in [0.2, 0.25) is 5.02 Å². The number of ether oxygens (including phenoxy) is 2. The van der Waals surface area contributed by atoms with E-state index in [9.17, 15) is 22.6 Å². The molecule has 0 atom stereocenters. The Morgan fingerprint density at radius 3 is 2.44 bits per heavy atom. The molecule has 0 radical (unpaired) electrons. The molecule has 170 valence electrons. The van der Waals surface area contributed by atoms with Gasteiger partial charge in [-0.1, -0.05) is 11.6 Å². The molecule has 2 aromatic rings. The number of aliphatic hydroxyl groups excluding tert-OH is 1. The minimum absolute atomic E-state index is 0.0382. The monoisotopic (exact) mass is 482 g/mol. The third kappa shape index (κ3) is 5.19. The van der Waals surface area contributed by atoms with E-state index in [1.807, 2.05) is 0 Å². The highest BCUT2D eigenvalue weighted by Crippen LogP contribution is 2.32. The fourth-order valence-corrected chi connectivity index (χ4v) is 3.79. The molecule has 0 unspecified atom stereocenters. The second kappa shape index (κ2) is 9.57. The Balaban J connectivity index is 1.98. The first-order valence-corrected chi connectivity index (χ1v) is 11.0. The molecule has 3 N–H and O–H groups in total. The summed E-state index contributed by atoms with van der Waals surface area (Å²) >= 11 is 5.83. The minimum atomic E-state index is -4.75. The number of rotatable bonds is 8. The van der Waals surface area contributed by atoms with E-state index >= 15 is 0 Å². The molecule has 2 aromatic carbocycles. The van der Waals surface area contributed by atoms with E-state index in [0.29, 0.717) is 10.8 Å². The first-order valence-electron chi connectivity index (χ1n) is 9.17. The van der Waals surface area contributed by atoms with Crippen LogP contribution in [0.25, 0.3) is 0 Å². The fraction of sp³-hybridized carbons (Fsp3) is 0.200. The van der Waals surface area contributed by atoms with Gasteiger partial charge in [-0.25, -0.2) is 4.79 Å². The summed E-state index contributed by atoms with van der Waals surface area (Å²) < 4.78 is 44.0. The molecule has 1 amide bonds. The van der Waals surface area contributed by atoms with Gasteiger partial charge in [0.05, 0.1) is 31.5 Å². The summed E-state index contributed by atoms with van der Waals surface area (Å²) in [6.07, 6.45) is 0. The van der Waals surface area contributed by atoms with Crippen LogP contribution in [0.5, 0.6) is 11.5 Å². The Hall–Kier alpha value is -3.12. The molecule has 0 spiro atoms. The van der Waals surface area contributed by atoms with E-state index in [2.05, 4.69) is 5.32 Å². The number of aliphatic hydroxyl groups is 1. The lowest BCUT2D eigenvalue weighted by Crippen LogP contribution is -2.31. The van der Waals surface area contributed by atoms with Crippen molar-refractivity contribution < 1.29 is 37.1 Å². The van der Waals surface area contributed by atoms with Crippen LogP contribution in [0, 0.1) is 0 Å².